The van der Waals surface area contributed by atoms with Gasteiger partial charge in [-0.15, -0.1) is 0 Å². The van der Waals surface area contributed by atoms with Gasteiger partial charge in [-0.1, -0.05) is 11.6 Å². The minimum Gasteiger partial charge on any atom is -0.375 e. The predicted octanol–water partition coefficient (Wildman–Crippen LogP) is 1.68. The lowest BCUT2D eigenvalue weighted by Gasteiger charge is -2.36. The second kappa shape index (κ2) is 5.01. The summed E-state index contributed by atoms with van der Waals surface area (Å²) in [6.45, 7) is 0.864. The fraction of sp³-hybridized carbons (Fsp3) is 0.583. The molecule has 2 fully saturated rings. The highest BCUT2D eigenvalue weighted by Gasteiger charge is 2.42. The van der Waals surface area contributed by atoms with Crippen LogP contribution >= 0.6 is 11.6 Å². The molecule has 1 aromatic rings. The molecule has 1 aliphatic heterocycles. The molecule has 2 aliphatic rings. The average molecular weight is 303 g/mol. The molecule has 0 radical (unpaired) electrons. The van der Waals surface area contributed by atoms with E-state index < -0.39 is 10.0 Å². The summed E-state index contributed by atoms with van der Waals surface area (Å²) < 4.78 is 32.5. The molecule has 7 heteroatoms. The fourth-order valence-electron chi connectivity index (χ4n) is 2.87. The van der Waals surface area contributed by atoms with E-state index in [1.807, 2.05) is 0 Å². The van der Waals surface area contributed by atoms with Crippen LogP contribution in [-0.2, 0) is 14.8 Å². The van der Waals surface area contributed by atoms with Crippen LogP contribution in [0.2, 0.25) is 5.15 Å². The third-order valence-electron chi connectivity index (χ3n) is 3.74. The molecule has 0 spiro atoms. The minimum absolute atomic E-state index is 0.0364. The van der Waals surface area contributed by atoms with Gasteiger partial charge < -0.3 is 4.74 Å². The molecular formula is C12H15ClN2O3S. The van der Waals surface area contributed by atoms with Crippen molar-refractivity contribution in [1.82, 2.24) is 9.29 Å². The lowest BCUT2D eigenvalue weighted by atomic mass is 10.2. The van der Waals surface area contributed by atoms with Gasteiger partial charge in [0.25, 0.3) is 0 Å². The van der Waals surface area contributed by atoms with Gasteiger partial charge in [0.1, 0.15) is 5.15 Å². The minimum atomic E-state index is -3.51. The van der Waals surface area contributed by atoms with Crippen LogP contribution in [0.15, 0.2) is 23.2 Å². The summed E-state index contributed by atoms with van der Waals surface area (Å²) in [5.74, 6) is 0. The fourth-order valence-corrected chi connectivity index (χ4v) is 4.78. The molecular weight excluding hydrogens is 288 g/mol. The van der Waals surface area contributed by atoms with E-state index in [0.717, 1.165) is 19.3 Å². The van der Waals surface area contributed by atoms with E-state index in [4.69, 9.17) is 16.3 Å². The monoisotopic (exact) mass is 302 g/mol. The molecule has 1 saturated heterocycles. The normalized spacial score (nSPS) is 28.3. The van der Waals surface area contributed by atoms with Crippen LogP contribution in [0.25, 0.3) is 0 Å². The number of sulfonamides is 1. The van der Waals surface area contributed by atoms with Crippen LogP contribution in [0.5, 0.6) is 0 Å². The number of hydrogen-bond acceptors (Lipinski definition) is 4. The Bertz CT molecular complexity index is 578. The summed E-state index contributed by atoms with van der Waals surface area (Å²) in [6, 6.07) is 2.85. The van der Waals surface area contributed by atoms with Gasteiger partial charge in [-0.25, -0.2) is 13.4 Å². The van der Waals surface area contributed by atoms with Gasteiger partial charge in [-0.3, -0.25) is 0 Å². The summed E-state index contributed by atoms with van der Waals surface area (Å²) in [7, 11) is -3.51. The van der Waals surface area contributed by atoms with Crippen LogP contribution in [0.4, 0.5) is 0 Å². The zero-order valence-corrected chi connectivity index (χ0v) is 11.9. The van der Waals surface area contributed by atoms with Crippen molar-refractivity contribution in [3.63, 3.8) is 0 Å². The Hall–Kier alpha value is -0.690. The first kappa shape index (κ1) is 13.3. The van der Waals surface area contributed by atoms with E-state index in [2.05, 4.69) is 4.98 Å². The van der Waals surface area contributed by atoms with Gasteiger partial charge in [0, 0.05) is 12.7 Å². The number of pyridine rings is 1. The van der Waals surface area contributed by atoms with Crippen molar-refractivity contribution >= 4 is 21.6 Å². The van der Waals surface area contributed by atoms with Crippen molar-refractivity contribution in [2.24, 2.45) is 0 Å². The lowest BCUT2D eigenvalue weighted by molar-refractivity contribution is -0.0241. The highest BCUT2D eigenvalue weighted by Crippen LogP contribution is 2.33. The number of ether oxygens (including phenoxy) is 1. The summed E-state index contributed by atoms with van der Waals surface area (Å²) in [5.41, 5.74) is 0. The molecule has 0 bridgehead atoms. The molecule has 19 heavy (non-hydrogen) atoms. The van der Waals surface area contributed by atoms with Crippen molar-refractivity contribution in [2.75, 3.05) is 13.2 Å². The van der Waals surface area contributed by atoms with Crippen molar-refractivity contribution in [3.05, 3.63) is 23.5 Å². The molecule has 0 N–H and O–H groups in total. The summed E-state index contributed by atoms with van der Waals surface area (Å²) in [5, 5.41) is 0.192. The van der Waals surface area contributed by atoms with Crippen molar-refractivity contribution in [1.29, 1.82) is 0 Å². The van der Waals surface area contributed by atoms with Crippen molar-refractivity contribution < 1.29 is 13.2 Å². The highest BCUT2D eigenvalue weighted by atomic mass is 35.5. The number of aromatic nitrogens is 1. The van der Waals surface area contributed by atoms with Gasteiger partial charge in [-0.05, 0) is 31.4 Å². The number of nitrogens with zero attached hydrogens (tertiary/aromatic N) is 2. The first-order valence-electron chi connectivity index (χ1n) is 6.34. The maximum atomic E-state index is 12.7. The van der Waals surface area contributed by atoms with E-state index >= 15 is 0 Å². The smallest absolute Gasteiger partial charge is 0.243 e. The van der Waals surface area contributed by atoms with Gasteiger partial charge in [0.15, 0.2) is 0 Å². The molecule has 2 heterocycles. The van der Waals surface area contributed by atoms with Crippen LogP contribution in [0, 0.1) is 0 Å². The summed E-state index contributed by atoms with van der Waals surface area (Å²) >= 11 is 5.78. The second-order valence-electron chi connectivity index (χ2n) is 4.84. The Morgan fingerprint density at radius 2 is 2.26 bits per heavy atom. The third-order valence-corrected chi connectivity index (χ3v) is 5.86. The topological polar surface area (TPSA) is 59.5 Å². The lowest BCUT2D eigenvalue weighted by Crippen LogP contribution is -2.51. The largest absolute Gasteiger partial charge is 0.375 e. The number of fused-ring (bicyclic) bond motifs is 1. The van der Waals surface area contributed by atoms with E-state index in [1.54, 1.807) is 4.31 Å². The van der Waals surface area contributed by atoms with E-state index in [9.17, 15) is 8.42 Å². The first-order valence-corrected chi connectivity index (χ1v) is 8.16. The molecule has 2 atom stereocenters. The van der Waals surface area contributed by atoms with Crippen LogP contribution in [0.3, 0.4) is 0 Å². The Morgan fingerprint density at radius 3 is 3.05 bits per heavy atom. The summed E-state index contributed by atoms with van der Waals surface area (Å²) in [6.07, 6.45) is 4.28. The average Bonchev–Trinajstić information content (AvgIpc) is 2.86. The second-order valence-corrected chi connectivity index (χ2v) is 7.12. The van der Waals surface area contributed by atoms with Gasteiger partial charge in [-0.2, -0.15) is 4.31 Å². The van der Waals surface area contributed by atoms with Gasteiger partial charge in [0.2, 0.25) is 10.0 Å². The SMILES string of the molecule is O=S(=O)(c1ccnc(Cl)c1)N1CCOC2CCCC21. The van der Waals surface area contributed by atoms with E-state index in [0.29, 0.717) is 13.2 Å². The highest BCUT2D eigenvalue weighted by molar-refractivity contribution is 7.89. The molecule has 0 aromatic carbocycles. The maximum absolute atomic E-state index is 12.7. The van der Waals surface area contributed by atoms with Crippen LogP contribution < -0.4 is 0 Å². The zero-order valence-electron chi connectivity index (χ0n) is 10.3. The summed E-state index contributed by atoms with van der Waals surface area (Å²) in [4.78, 5) is 4.03. The Labute approximate surface area is 117 Å². The molecule has 5 nitrogen and oxygen atoms in total. The number of rotatable bonds is 2. The van der Waals surface area contributed by atoms with Gasteiger partial charge in [0.05, 0.1) is 23.6 Å². The Morgan fingerprint density at radius 1 is 1.42 bits per heavy atom. The third kappa shape index (κ3) is 2.38. The molecule has 1 aliphatic carbocycles. The zero-order chi connectivity index (χ0) is 13.5. The van der Waals surface area contributed by atoms with E-state index in [-0.39, 0.29) is 22.2 Å². The van der Waals surface area contributed by atoms with E-state index in [1.165, 1.54) is 18.3 Å². The molecule has 1 aromatic heterocycles. The quantitative estimate of drug-likeness (QED) is 0.780. The first-order chi connectivity index (χ1) is 9.09. The van der Waals surface area contributed by atoms with Gasteiger partial charge >= 0.3 is 0 Å². The number of halogens is 1. The molecule has 2 unspecified atom stereocenters. The van der Waals surface area contributed by atoms with Crippen molar-refractivity contribution in [2.45, 2.75) is 36.3 Å². The molecule has 104 valence electrons. The standard InChI is InChI=1S/C12H15ClN2O3S/c13-12-8-9(4-5-14-12)19(16,17)15-6-7-18-11-3-1-2-10(11)15/h4-5,8,10-11H,1-3,6-7H2. The van der Waals surface area contributed by atoms with Crippen LogP contribution in [-0.4, -0.2) is 43.0 Å². The molecule has 1 saturated carbocycles. The Balaban J connectivity index is 1.95. The van der Waals surface area contributed by atoms with Crippen LogP contribution in [0.1, 0.15) is 19.3 Å². The maximum Gasteiger partial charge on any atom is 0.243 e. The predicted molar refractivity (Wildman–Crippen MR) is 70.5 cm³/mol. The Kier molecular flexibility index (Phi) is 3.51. The van der Waals surface area contributed by atoms with Crippen molar-refractivity contribution in [3.8, 4) is 0 Å². The molecule has 3 rings (SSSR count). The number of hydrogen-bond donors (Lipinski definition) is 0. The number of morpholine rings is 1. The molecule has 0 amide bonds.